The number of hydrogen-bond acceptors (Lipinski definition) is 14. The average molecular weight is 1390 g/mol. The van der Waals surface area contributed by atoms with Crippen LogP contribution in [0.3, 0.4) is 0 Å². The van der Waals surface area contributed by atoms with Crippen molar-refractivity contribution in [3.8, 4) is 0 Å². The van der Waals surface area contributed by atoms with Crippen LogP contribution in [0.25, 0.3) is 0 Å². The van der Waals surface area contributed by atoms with Gasteiger partial charge < -0.3 is 74.3 Å². The summed E-state index contributed by atoms with van der Waals surface area (Å²) in [6.45, 7) is 1.69. The Kier molecular flexibility index (Phi) is 24.1. The number of ether oxygens (including phenoxy) is 1. The van der Waals surface area contributed by atoms with Crippen molar-refractivity contribution >= 4 is 76.8 Å². The molecule has 12 aliphatic rings. The molecular formula is C73H111N13O14. The van der Waals surface area contributed by atoms with Crippen LogP contribution >= 0.6 is 0 Å². The van der Waals surface area contributed by atoms with Gasteiger partial charge in [-0.1, -0.05) is 70.6 Å². The van der Waals surface area contributed by atoms with Crippen molar-refractivity contribution in [3.05, 3.63) is 0 Å². The largest absolute Gasteiger partial charge is 0.378 e. The molecule has 1 saturated heterocycles. The fourth-order valence-corrected chi connectivity index (χ4v) is 20.3. The summed E-state index contributed by atoms with van der Waals surface area (Å²) in [4.78, 5) is 177. The SMILES string of the molecule is CC(=O)N[C@H]1CCC[C@@H]1C(=O)N[C@H]1CCC[C@@H]1C(=O)N[C@H]1COC[C@@H]1C(=O)N[C@H]1CCC[C@@H]1C(=O)N[C@H]1CCC[C@@H]1C(=O)N[C@H]1CCC[C@@H]1C(=O)N[C@H]1CCC[C@@H]1C(=O)N[C@H]1CCC[C@@H]1C(=O)N[C@H]1CCC[C@@H]1C(=O)N[C@H]1CCC[C@@H]1C(=O)N[C@H]1CCC[C@@H]1C(=O)N[C@H]1CCC[C@@H]1C(N)=O. The second-order valence-corrected chi connectivity index (χ2v) is 32.0. The van der Waals surface area contributed by atoms with Gasteiger partial charge in [0.15, 0.2) is 0 Å². The summed E-state index contributed by atoms with van der Waals surface area (Å²) in [5.41, 5.74) is 5.62. The summed E-state index contributed by atoms with van der Waals surface area (Å²) >= 11 is 0. The van der Waals surface area contributed by atoms with Crippen LogP contribution in [0.2, 0.25) is 0 Å². The van der Waals surface area contributed by atoms with E-state index in [1.165, 1.54) is 6.92 Å². The summed E-state index contributed by atoms with van der Waals surface area (Å²) in [6, 6.07) is -4.77. The van der Waals surface area contributed by atoms with E-state index in [0.717, 1.165) is 77.0 Å². The molecule has 0 aromatic heterocycles. The van der Waals surface area contributed by atoms with Crippen molar-refractivity contribution in [1.29, 1.82) is 0 Å². The maximum absolute atomic E-state index is 14.2. The van der Waals surface area contributed by atoms with Crippen LogP contribution in [0.4, 0.5) is 0 Å². The lowest BCUT2D eigenvalue weighted by atomic mass is 9.95. The molecule has 1 aliphatic heterocycles. The van der Waals surface area contributed by atoms with Gasteiger partial charge in [0.25, 0.3) is 0 Å². The molecule has 0 aromatic rings. The summed E-state index contributed by atoms with van der Waals surface area (Å²) in [6.07, 6.45) is 21.9. The topological polar surface area (TPSA) is 402 Å². The van der Waals surface area contributed by atoms with Gasteiger partial charge in [0, 0.05) is 73.4 Å². The van der Waals surface area contributed by atoms with E-state index < -0.39 is 107 Å². The van der Waals surface area contributed by atoms with Gasteiger partial charge in [0.2, 0.25) is 76.8 Å². The predicted octanol–water partition coefficient (Wildman–Crippen LogP) is 1.76. The molecule has 0 radical (unpaired) electrons. The first-order chi connectivity index (χ1) is 48.3. The Bertz CT molecular complexity index is 3080. The van der Waals surface area contributed by atoms with E-state index in [1.807, 2.05) is 0 Å². The van der Waals surface area contributed by atoms with Crippen LogP contribution < -0.4 is 69.5 Å². The molecule has 27 nitrogen and oxygen atoms in total. The van der Waals surface area contributed by atoms with Crippen LogP contribution in [-0.2, 0) is 67.1 Å². The highest BCUT2D eigenvalue weighted by atomic mass is 16.5. The molecule has 13 amide bonds. The Hall–Kier alpha value is -6.93. The minimum atomic E-state index is -0.683. The molecule has 11 saturated carbocycles. The molecule has 12 rings (SSSR count). The molecule has 1 heterocycles. The normalized spacial score (nSPS) is 38.2. The molecule has 24 atom stereocenters. The molecule has 11 aliphatic carbocycles. The highest BCUT2D eigenvalue weighted by Crippen LogP contribution is 2.38. The number of carbonyl (C=O) groups is 13. The third-order valence-electron chi connectivity index (χ3n) is 25.8. The van der Waals surface area contributed by atoms with E-state index in [0.29, 0.717) is 135 Å². The zero-order chi connectivity index (χ0) is 70.3. The molecule has 0 aromatic carbocycles. The van der Waals surface area contributed by atoms with E-state index in [1.54, 1.807) is 0 Å². The number of nitrogens with one attached hydrogen (secondary N) is 12. The smallest absolute Gasteiger partial charge is 0.227 e. The van der Waals surface area contributed by atoms with Gasteiger partial charge in [0.1, 0.15) is 0 Å². The Balaban J connectivity index is 0.566. The molecule has 552 valence electrons. The Labute approximate surface area is 586 Å². The maximum Gasteiger partial charge on any atom is 0.227 e. The monoisotopic (exact) mass is 1390 g/mol. The van der Waals surface area contributed by atoms with Gasteiger partial charge in [-0.05, 0) is 141 Å². The van der Waals surface area contributed by atoms with Gasteiger partial charge >= 0.3 is 0 Å². The first-order valence-corrected chi connectivity index (χ1v) is 38.7. The first kappa shape index (κ1) is 72.8. The van der Waals surface area contributed by atoms with Gasteiger partial charge in [-0.2, -0.15) is 0 Å². The number of amides is 13. The van der Waals surface area contributed by atoms with E-state index in [4.69, 9.17) is 10.5 Å². The van der Waals surface area contributed by atoms with Crippen LogP contribution in [0.1, 0.15) is 219 Å². The van der Waals surface area contributed by atoms with Crippen molar-refractivity contribution in [2.45, 2.75) is 291 Å². The van der Waals surface area contributed by atoms with Crippen molar-refractivity contribution < 1.29 is 67.1 Å². The summed E-state index contributed by atoms with van der Waals surface area (Å²) in [7, 11) is 0. The summed E-state index contributed by atoms with van der Waals surface area (Å²) in [5, 5.41) is 37.6. The standard InChI is InChI=1S/C73H111N13O14/c1-37(87)75-51-25-3-14-39(51)63(89)77-59-33-12-23-48(59)72(98)86-61-36-100-35-49(61)73(99)85-60-34-11-22-47(60)71(97)84-58-32-10-21-46(58)70(96)83-57-31-9-20-45(57)69(95)82-56-30-8-19-44(56)68(94)81-55-29-7-18-43(55)67(93)80-54-28-6-17-42(54)66(92)79-53-27-5-16-41(53)65(91)78-52-26-4-15-40(52)64(90)76-50-24-2-13-38(50)62(74)88/h38-61H,2-36H2,1H3,(H2,74,88)(H,75,87)(H,76,90)(H,77,89)(H,78,91)(H,79,92)(H,80,93)(H,81,94)(H,82,95)(H,83,96)(H,84,97)(H,85,99)(H,86,98)/t38-,39-,40-,41-,42-,43-,44-,45-,46-,47-,48-,49-,50-,51-,52-,53-,54-,55-,56-,57-,58-,59-,60-,61-/m0/s1. The lowest BCUT2D eigenvalue weighted by Gasteiger charge is -2.29. The second kappa shape index (κ2) is 33.0. The zero-order valence-corrected chi connectivity index (χ0v) is 58.4. The van der Waals surface area contributed by atoms with Gasteiger partial charge in [0.05, 0.1) is 90.3 Å². The molecule has 27 heteroatoms. The van der Waals surface area contributed by atoms with Crippen molar-refractivity contribution in [3.63, 3.8) is 0 Å². The van der Waals surface area contributed by atoms with E-state index in [9.17, 15) is 62.3 Å². The number of hydrogen-bond donors (Lipinski definition) is 13. The Morgan fingerprint density at radius 1 is 0.210 bits per heavy atom. The average Bonchev–Trinajstić information content (AvgIpc) is 1.69. The number of rotatable bonds is 24. The van der Waals surface area contributed by atoms with Crippen LogP contribution in [-0.4, -0.2) is 163 Å². The molecule has 0 unspecified atom stereocenters. The number of carbonyl (C=O) groups excluding carboxylic acids is 13. The fraction of sp³-hybridized carbons (Fsp3) is 0.822. The minimum absolute atomic E-state index is 0.102. The third-order valence-corrected chi connectivity index (χ3v) is 25.8. The van der Waals surface area contributed by atoms with Crippen LogP contribution in [0.5, 0.6) is 0 Å². The second-order valence-electron chi connectivity index (χ2n) is 32.0. The summed E-state index contributed by atoms with van der Waals surface area (Å²) in [5.74, 6) is -8.67. The van der Waals surface area contributed by atoms with E-state index in [-0.39, 0.29) is 126 Å². The highest BCUT2D eigenvalue weighted by Gasteiger charge is 2.49. The van der Waals surface area contributed by atoms with Crippen LogP contribution in [0, 0.1) is 71.0 Å². The molecule has 0 spiro atoms. The number of primary amides is 1. The fourth-order valence-electron chi connectivity index (χ4n) is 20.3. The highest BCUT2D eigenvalue weighted by molar-refractivity contribution is 5.90. The molecule has 100 heavy (non-hydrogen) atoms. The van der Waals surface area contributed by atoms with Crippen molar-refractivity contribution in [2.75, 3.05) is 13.2 Å². The van der Waals surface area contributed by atoms with Crippen LogP contribution in [0.15, 0.2) is 0 Å². The zero-order valence-electron chi connectivity index (χ0n) is 58.4. The van der Waals surface area contributed by atoms with E-state index >= 15 is 0 Å². The van der Waals surface area contributed by atoms with E-state index in [2.05, 4.69) is 63.8 Å². The number of nitrogens with two attached hydrogens (primary N) is 1. The first-order valence-electron chi connectivity index (χ1n) is 38.7. The molecule has 12 fully saturated rings. The molecule has 14 N–H and O–H groups in total. The molecular weight excluding hydrogens is 1280 g/mol. The van der Waals surface area contributed by atoms with Gasteiger partial charge in [-0.15, -0.1) is 0 Å². The Morgan fingerprint density at radius 3 is 0.560 bits per heavy atom. The summed E-state index contributed by atoms with van der Waals surface area (Å²) < 4.78 is 5.75. The lowest BCUT2D eigenvalue weighted by molar-refractivity contribution is -0.133. The lowest BCUT2D eigenvalue weighted by Crippen LogP contribution is -2.54. The third kappa shape index (κ3) is 16.9. The predicted molar refractivity (Wildman–Crippen MR) is 363 cm³/mol. The van der Waals surface area contributed by atoms with Gasteiger partial charge in [-0.25, -0.2) is 0 Å². The maximum atomic E-state index is 14.2. The minimum Gasteiger partial charge on any atom is -0.378 e. The van der Waals surface area contributed by atoms with Crippen molar-refractivity contribution in [1.82, 2.24) is 63.8 Å². The Morgan fingerprint density at radius 2 is 0.370 bits per heavy atom. The quantitative estimate of drug-likeness (QED) is 0.0655. The van der Waals surface area contributed by atoms with Gasteiger partial charge in [-0.3, -0.25) is 62.3 Å². The van der Waals surface area contributed by atoms with Crippen molar-refractivity contribution in [2.24, 2.45) is 76.7 Å². The molecule has 0 bridgehead atoms.